The number of carbonyl (C=O) groups excluding carboxylic acids is 2. The lowest BCUT2D eigenvalue weighted by Crippen LogP contribution is -2.50. The van der Waals surface area contributed by atoms with Crippen molar-refractivity contribution in [3.63, 3.8) is 0 Å². The highest BCUT2D eigenvalue weighted by Crippen LogP contribution is 2.21. The lowest BCUT2D eigenvalue weighted by atomic mass is 9.95. The lowest BCUT2D eigenvalue weighted by Gasteiger charge is -2.34. The van der Waals surface area contributed by atoms with Crippen molar-refractivity contribution in [1.82, 2.24) is 10.2 Å². The minimum atomic E-state index is -0.268. The molecule has 2 rings (SSSR count). The third-order valence-electron chi connectivity index (χ3n) is 4.19. The Morgan fingerprint density at radius 1 is 1.33 bits per heavy atom. The van der Waals surface area contributed by atoms with Crippen molar-refractivity contribution in [2.45, 2.75) is 57.9 Å². The summed E-state index contributed by atoms with van der Waals surface area (Å²) < 4.78 is 0. The van der Waals surface area contributed by atoms with Crippen LogP contribution in [0.5, 0.6) is 0 Å². The molecule has 2 saturated heterocycles. The average Bonchev–Trinajstić information content (AvgIpc) is 2.62. The van der Waals surface area contributed by atoms with Gasteiger partial charge in [-0.25, -0.2) is 0 Å². The molecule has 4 heteroatoms. The van der Waals surface area contributed by atoms with Gasteiger partial charge >= 0.3 is 0 Å². The molecule has 2 atom stereocenters. The van der Waals surface area contributed by atoms with E-state index in [0.29, 0.717) is 12.3 Å². The summed E-state index contributed by atoms with van der Waals surface area (Å²) >= 11 is 0. The van der Waals surface area contributed by atoms with Crippen LogP contribution >= 0.6 is 0 Å². The predicted octanol–water partition coefficient (Wildman–Crippen LogP) is 1.69. The van der Waals surface area contributed by atoms with Crippen LogP contribution in [-0.4, -0.2) is 35.8 Å². The molecule has 2 aliphatic rings. The number of amides is 2. The van der Waals surface area contributed by atoms with E-state index < -0.39 is 0 Å². The molecule has 0 aromatic carbocycles. The first-order chi connectivity index (χ1) is 8.70. The Morgan fingerprint density at radius 3 is 2.94 bits per heavy atom. The molecule has 2 amide bonds. The quantitative estimate of drug-likeness (QED) is 0.813. The third kappa shape index (κ3) is 3.24. The molecule has 0 spiro atoms. The van der Waals surface area contributed by atoms with Crippen molar-refractivity contribution < 1.29 is 9.59 Å². The van der Waals surface area contributed by atoms with Gasteiger partial charge in [0.2, 0.25) is 11.8 Å². The van der Waals surface area contributed by atoms with Gasteiger partial charge in [-0.15, -0.1) is 0 Å². The Labute approximate surface area is 109 Å². The number of carbonyl (C=O) groups is 2. The van der Waals surface area contributed by atoms with Crippen molar-refractivity contribution in [1.29, 1.82) is 0 Å². The van der Waals surface area contributed by atoms with Gasteiger partial charge in [0.15, 0.2) is 0 Å². The normalized spacial score (nSPS) is 29.6. The van der Waals surface area contributed by atoms with Gasteiger partial charge in [0.1, 0.15) is 6.04 Å². The summed E-state index contributed by atoms with van der Waals surface area (Å²) in [6, 6.07) is -0.268. The second-order valence-electron chi connectivity index (χ2n) is 5.57. The molecular formula is C14H24N2O2. The number of nitrogens with one attached hydrogen (secondary N) is 1. The fourth-order valence-corrected chi connectivity index (χ4v) is 2.98. The molecule has 0 aromatic rings. The largest absolute Gasteiger partial charge is 0.344 e. The van der Waals surface area contributed by atoms with E-state index in [-0.39, 0.29) is 17.9 Å². The molecule has 0 radical (unpaired) electrons. The van der Waals surface area contributed by atoms with Crippen molar-refractivity contribution in [2.75, 3.05) is 13.1 Å². The van der Waals surface area contributed by atoms with Crippen LogP contribution in [0.2, 0.25) is 0 Å². The van der Waals surface area contributed by atoms with Crippen LogP contribution in [0.1, 0.15) is 51.9 Å². The molecule has 0 unspecified atom stereocenters. The number of piperidine rings is 1. The van der Waals surface area contributed by atoms with Gasteiger partial charge in [-0.3, -0.25) is 9.59 Å². The smallest absolute Gasteiger partial charge is 0.245 e. The molecule has 0 saturated carbocycles. The van der Waals surface area contributed by atoms with Gasteiger partial charge in [-0.2, -0.15) is 0 Å². The third-order valence-corrected chi connectivity index (χ3v) is 4.19. The molecule has 2 aliphatic heterocycles. The van der Waals surface area contributed by atoms with E-state index in [9.17, 15) is 9.59 Å². The number of likely N-dealkylation sites (tertiary alicyclic amines) is 1. The zero-order valence-electron chi connectivity index (χ0n) is 11.3. The van der Waals surface area contributed by atoms with Crippen LogP contribution in [-0.2, 0) is 9.59 Å². The van der Waals surface area contributed by atoms with Crippen LogP contribution in [0.3, 0.4) is 0 Å². The fraction of sp³-hybridized carbons (Fsp3) is 0.857. The Bertz CT molecular complexity index is 317. The molecular weight excluding hydrogens is 228 g/mol. The maximum absolute atomic E-state index is 12.4. The van der Waals surface area contributed by atoms with Crippen LogP contribution in [0, 0.1) is 5.92 Å². The Hall–Kier alpha value is -1.06. The zero-order chi connectivity index (χ0) is 13.0. The summed E-state index contributed by atoms with van der Waals surface area (Å²) in [5.74, 6) is 0.822. The molecule has 0 bridgehead atoms. The van der Waals surface area contributed by atoms with Crippen molar-refractivity contribution in [3.8, 4) is 0 Å². The fourth-order valence-electron chi connectivity index (χ4n) is 2.98. The van der Waals surface area contributed by atoms with Crippen LogP contribution < -0.4 is 5.32 Å². The van der Waals surface area contributed by atoms with E-state index in [0.717, 1.165) is 45.2 Å². The van der Waals surface area contributed by atoms with Gasteiger partial charge in [0, 0.05) is 19.5 Å². The van der Waals surface area contributed by atoms with Gasteiger partial charge in [-0.05, 0) is 31.6 Å². The standard InChI is InChI=1S/C14H24N2O2/c1-2-11-6-5-9-16(10-11)14(18)12-7-3-4-8-13(17)15-12/h11-12H,2-10H2,1H3,(H,15,17)/t11-,12-/m0/s1. The summed E-state index contributed by atoms with van der Waals surface area (Å²) in [4.78, 5) is 25.9. The van der Waals surface area contributed by atoms with Crippen molar-refractivity contribution in [2.24, 2.45) is 5.92 Å². The molecule has 4 nitrogen and oxygen atoms in total. The first-order valence-electron chi connectivity index (χ1n) is 7.29. The second-order valence-corrected chi connectivity index (χ2v) is 5.57. The monoisotopic (exact) mass is 252 g/mol. The molecule has 2 fully saturated rings. The molecule has 2 heterocycles. The summed E-state index contributed by atoms with van der Waals surface area (Å²) in [6.45, 7) is 3.93. The number of rotatable bonds is 2. The van der Waals surface area contributed by atoms with E-state index in [1.54, 1.807) is 0 Å². The van der Waals surface area contributed by atoms with Crippen molar-refractivity contribution >= 4 is 11.8 Å². The summed E-state index contributed by atoms with van der Waals surface area (Å²) in [5, 5.41) is 2.88. The SMILES string of the molecule is CC[C@H]1CCCN(C(=O)[C@@H]2CCCCC(=O)N2)C1. The lowest BCUT2D eigenvalue weighted by molar-refractivity contribution is -0.137. The average molecular weight is 252 g/mol. The first-order valence-corrected chi connectivity index (χ1v) is 7.29. The zero-order valence-corrected chi connectivity index (χ0v) is 11.3. The topological polar surface area (TPSA) is 49.4 Å². The number of hydrogen-bond donors (Lipinski definition) is 1. The minimum Gasteiger partial charge on any atom is -0.344 e. The Morgan fingerprint density at radius 2 is 2.17 bits per heavy atom. The molecule has 1 N–H and O–H groups in total. The van der Waals surface area contributed by atoms with Gasteiger partial charge < -0.3 is 10.2 Å². The highest BCUT2D eigenvalue weighted by Gasteiger charge is 2.30. The van der Waals surface area contributed by atoms with Gasteiger partial charge in [0.05, 0.1) is 0 Å². The highest BCUT2D eigenvalue weighted by atomic mass is 16.2. The van der Waals surface area contributed by atoms with Gasteiger partial charge in [0.25, 0.3) is 0 Å². The minimum absolute atomic E-state index is 0.0369. The van der Waals surface area contributed by atoms with E-state index in [1.807, 2.05) is 4.90 Å². The van der Waals surface area contributed by atoms with Crippen LogP contribution in [0.4, 0.5) is 0 Å². The van der Waals surface area contributed by atoms with E-state index >= 15 is 0 Å². The Balaban J connectivity index is 1.94. The van der Waals surface area contributed by atoms with Crippen molar-refractivity contribution in [3.05, 3.63) is 0 Å². The highest BCUT2D eigenvalue weighted by molar-refractivity contribution is 5.88. The molecule has 0 aromatic heterocycles. The number of hydrogen-bond acceptors (Lipinski definition) is 2. The van der Waals surface area contributed by atoms with Crippen LogP contribution in [0.15, 0.2) is 0 Å². The Kier molecular flexibility index (Phi) is 4.61. The number of nitrogens with zero attached hydrogens (tertiary/aromatic N) is 1. The second kappa shape index (κ2) is 6.21. The maximum Gasteiger partial charge on any atom is 0.245 e. The van der Waals surface area contributed by atoms with E-state index in [4.69, 9.17) is 0 Å². The van der Waals surface area contributed by atoms with E-state index in [2.05, 4.69) is 12.2 Å². The first kappa shape index (κ1) is 13.4. The van der Waals surface area contributed by atoms with E-state index in [1.165, 1.54) is 6.42 Å². The van der Waals surface area contributed by atoms with Crippen LogP contribution in [0.25, 0.3) is 0 Å². The summed E-state index contributed by atoms with van der Waals surface area (Å²) in [6.07, 6.45) is 6.73. The molecule has 18 heavy (non-hydrogen) atoms. The predicted molar refractivity (Wildman–Crippen MR) is 70.0 cm³/mol. The molecule has 102 valence electrons. The van der Waals surface area contributed by atoms with Gasteiger partial charge in [-0.1, -0.05) is 19.8 Å². The molecule has 0 aliphatic carbocycles. The summed E-state index contributed by atoms with van der Waals surface area (Å²) in [7, 11) is 0. The summed E-state index contributed by atoms with van der Waals surface area (Å²) in [5.41, 5.74) is 0. The maximum atomic E-state index is 12.4.